The monoisotopic (exact) mass is 490 g/mol. The molecule has 2 aromatic carbocycles. The maximum atomic E-state index is 10.5. The molecule has 0 saturated heterocycles. The number of phenols is 1. The fourth-order valence-corrected chi connectivity index (χ4v) is 4.65. The van der Waals surface area contributed by atoms with Crippen LogP contribution in [0.15, 0.2) is 79.3 Å². The van der Waals surface area contributed by atoms with Crippen LogP contribution in [0.1, 0.15) is 11.3 Å². The van der Waals surface area contributed by atoms with Gasteiger partial charge in [0.25, 0.3) is 0 Å². The van der Waals surface area contributed by atoms with Gasteiger partial charge in [-0.2, -0.15) is 5.10 Å². The zero-order chi connectivity index (χ0) is 25.4. The van der Waals surface area contributed by atoms with Crippen molar-refractivity contribution in [3.05, 3.63) is 90.5 Å². The number of rotatable bonds is 7. The maximum Gasteiger partial charge on any atom is 0.155 e. The first-order valence-electron chi connectivity index (χ1n) is 12.1. The molecule has 0 aliphatic heterocycles. The summed E-state index contributed by atoms with van der Waals surface area (Å²) in [6, 6.07) is 19.1. The van der Waals surface area contributed by atoms with E-state index in [1.807, 2.05) is 49.5 Å². The molecule has 0 aliphatic carbocycles. The van der Waals surface area contributed by atoms with E-state index < -0.39 is 0 Å². The number of para-hydroxylation sites is 2. The van der Waals surface area contributed by atoms with Crippen molar-refractivity contribution in [3.8, 4) is 33.9 Å². The van der Waals surface area contributed by atoms with Gasteiger partial charge >= 0.3 is 0 Å². The van der Waals surface area contributed by atoms with Gasteiger partial charge in [0, 0.05) is 51.4 Å². The molecule has 6 aromatic rings. The first-order valence-corrected chi connectivity index (χ1v) is 12.1. The highest BCUT2D eigenvalue weighted by atomic mass is 16.5. The molecule has 0 bridgehead atoms. The normalized spacial score (nSPS) is 12.3. The fraction of sp³-hybridized carbons (Fsp3) is 0.138. The third-order valence-corrected chi connectivity index (χ3v) is 6.56. The lowest BCUT2D eigenvalue weighted by molar-refractivity contribution is 0.287. The number of hydrogen-bond donors (Lipinski definition) is 4. The van der Waals surface area contributed by atoms with Crippen molar-refractivity contribution < 1.29 is 9.84 Å². The number of ether oxygens (including phenoxy) is 1. The smallest absolute Gasteiger partial charge is 0.155 e. The van der Waals surface area contributed by atoms with E-state index in [-0.39, 0.29) is 11.8 Å². The lowest BCUT2D eigenvalue weighted by atomic mass is 9.99. The minimum absolute atomic E-state index is 0.152. The van der Waals surface area contributed by atoms with Crippen LogP contribution in [0.2, 0.25) is 0 Å². The number of nitrogens with one attached hydrogen (secondary N) is 2. The quantitative estimate of drug-likeness (QED) is 0.246. The number of aromatic amines is 2. The number of aromatic hydroxyl groups is 1. The van der Waals surface area contributed by atoms with Crippen molar-refractivity contribution in [2.45, 2.75) is 19.4 Å². The lowest BCUT2D eigenvalue weighted by Crippen LogP contribution is -2.30. The molecule has 4 heterocycles. The second-order valence-corrected chi connectivity index (χ2v) is 9.15. The SMILES string of the molecule is Cc1n[nH]c2ncc(-c3cc(OC[C@@H](N)Cc4c[nH]c5ccccc45)cnc3-c3ccccc3O)cc12. The van der Waals surface area contributed by atoms with Gasteiger partial charge in [-0.3, -0.25) is 10.1 Å². The molecule has 0 amide bonds. The summed E-state index contributed by atoms with van der Waals surface area (Å²) in [4.78, 5) is 12.5. The summed E-state index contributed by atoms with van der Waals surface area (Å²) in [6.07, 6.45) is 6.12. The number of nitrogens with two attached hydrogens (primary N) is 1. The molecule has 184 valence electrons. The van der Waals surface area contributed by atoms with Gasteiger partial charge in [-0.05, 0) is 49.2 Å². The first kappa shape index (κ1) is 22.8. The number of hydrogen-bond acceptors (Lipinski definition) is 6. The van der Waals surface area contributed by atoms with E-state index in [0.717, 1.165) is 33.3 Å². The molecule has 0 radical (unpaired) electrons. The van der Waals surface area contributed by atoms with Crippen LogP contribution in [0, 0.1) is 6.92 Å². The second kappa shape index (κ2) is 9.40. The van der Waals surface area contributed by atoms with Crippen LogP contribution >= 0.6 is 0 Å². The first-order chi connectivity index (χ1) is 18.1. The molecule has 0 unspecified atom stereocenters. The summed E-state index contributed by atoms with van der Waals surface area (Å²) < 4.78 is 6.11. The molecule has 0 spiro atoms. The van der Waals surface area contributed by atoms with Crippen LogP contribution in [0.25, 0.3) is 44.3 Å². The largest absolute Gasteiger partial charge is 0.507 e. The highest BCUT2D eigenvalue weighted by molar-refractivity contribution is 5.89. The number of nitrogens with zero attached hydrogens (tertiary/aromatic N) is 3. The van der Waals surface area contributed by atoms with Gasteiger partial charge in [-0.15, -0.1) is 0 Å². The Hall–Kier alpha value is -4.69. The number of aromatic nitrogens is 5. The van der Waals surface area contributed by atoms with Crippen molar-refractivity contribution in [3.63, 3.8) is 0 Å². The van der Waals surface area contributed by atoms with Crippen LogP contribution < -0.4 is 10.5 Å². The third-order valence-electron chi connectivity index (χ3n) is 6.56. The Labute approximate surface area is 213 Å². The molecule has 0 fully saturated rings. The Balaban J connectivity index is 1.31. The summed E-state index contributed by atoms with van der Waals surface area (Å²) in [5.41, 5.74) is 13.2. The minimum atomic E-state index is -0.202. The average molecular weight is 491 g/mol. The van der Waals surface area contributed by atoms with Gasteiger partial charge in [0.2, 0.25) is 0 Å². The van der Waals surface area contributed by atoms with Gasteiger partial charge in [0.05, 0.1) is 17.6 Å². The molecule has 6 rings (SSSR count). The van der Waals surface area contributed by atoms with E-state index in [2.05, 4.69) is 37.3 Å². The molecule has 0 aliphatic rings. The van der Waals surface area contributed by atoms with E-state index in [0.29, 0.717) is 35.7 Å². The maximum absolute atomic E-state index is 10.5. The fourth-order valence-electron chi connectivity index (χ4n) is 4.65. The molecular weight excluding hydrogens is 464 g/mol. The predicted molar refractivity (Wildman–Crippen MR) is 144 cm³/mol. The average Bonchev–Trinajstić information content (AvgIpc) is 3.51. The van der Waals surface area contributed by atoms with Gasteiger partial charge in [-0.25, -0.2) is 4.98 Å². The summed E-state index contributed by atoms with van der Waals surface area (Å²) in [5.74, 6) is 0.742. The zero-order valence-electron chi connectivity index (χ0n) is 20.3. The molecule has 8 heteroatoms. The summed E-state index contributed by atoms with van der Waals surface area (Å²) in [7, 11) is 0. The van der Waals surface area contributed by atoms with E-state index in [9.17, 15) is 5.11 Å². The van der Waals surface area contributed by atoms with Crippen LogP contribution in [0.5, 0.6) is 11.5 Å². The van der Waals surface area contributed by atoms with E-state index in [1.165, 1.54) is 5.39 Å². The number of H-pyrrole nitrogens is 2. The van der Waals surface area contributed by atoms with Crippen molar-refractivity contribution in [2.75, 3.05) is 6.61 Å². The summed E-state index contributed by atoms with van der Waals surface area (Å²) in [5, 5.41) is 19.8. The number of fused-ring (bicyclic) bond motifs is 2. The van der Waals surface area contributed by atoms with Crippen molar-refractivity contribution in [1.82, 2.24) is 25.1 Å². The van der Waals surface area contributed by atoms with Crippen molar-refractivity contribution in [2.24, 2.45) is 5.73 Å². The minimum Gasteiger partial charge on any atom is -0.507 e. The zero-order valence-corrected chi connectivity index (χ0v) is 20.3. The molecule has 0 saturated carbocycles. The van der Waals surface area contributed by atoms with Crippen molar-refractivity contribution >= 4 is 21.9 Å². The standard InChI is InChI=1S/C29H26N6O2/c1-17-24-11-19(14-33-29(24)35-34-17)25-12-21(15-32-28(25)23-7-3-5-9-27(23)36)37-16-20(30)10-18-13-31-26-8-4-2-6-22(18)26/h2-9,11-15,20,31,36H,10,16,30H2,1H3,(H,33,34,35)/t20-/m0/s1. The van der Waals surface area contributed by atoms with Crippen LogP contribution in [-0.2, 0) is 6.42 Å². The Kier molecular flexibility index (Phi) is 5.78. The topological polar surface area (TPSA) is 126 Å². The number of aryl methyl sites for hydroxylation is 1. The Morgan fingerprint density at radius 3 is 2.70 bits per heavy atom. The molecule has 8 nitrogen and oxygen atoms in total. The van der Waals surface area contributed by atoms with Gasteiger partial charge in [0.1, 0.15) is 18.1 Å². The van der Waals surface area contributed by atoms with Crippen LogP contribution in [-0.4, -0.2) is 42.9 Å². The second-order valence-electron chi connectivity index (χ2n) is 9.15. The van der Waals surface area contributed by atoms with Crippen LogP contribution in [0.3, 0.4) is 0 Å². The molecular formula is C29H26N6O2. The van der Waals surface area contributed by atoms with Gasteiger partial charge in [0.15, 0.2) is 5.65 Å². The van der Waals surface area contributed by atoms with Gasteiger partial charge in [-0.1, -0.05) is 30.3 Å². The Morgan fingerprint density at radius 2 is 1.81 bits per heavy atom. The molecule has 5 N–H and O–H groups in total. The van der Waals surface area contributed by atoms with Crippen LogP contribution in [0.4, 0.5) is 0 Å². The number of pyridine rings is 2. The molecule has 4 aromatic heterocycles. The number of benzene rings is 2. The summed E-state index contributed by atoms with van der Waals surface area (Å²) >= 11 is 0. The highest BCUT2D eigenvalue weighted by Gasteiger charge is 2.17. The third kappa shape index (κ3) is 4.39. The van der Waals surface area contributed by atoms with E-state index in [1.54, 1.807) is 24.5 Å². The summed E-state index contributed by atoms with van der Waals surface area (Å²) in [6.45, 7) is 2.26. The Bertz CT molecular complexity index is 1720. The van der Waals surface area contributed by atoms with E-state index >= 15 is 0 Å². The lowest BCUT2D eigenvalue weighted by Gasteiger charge is -2.16. The van der Waals surface area contributed by atoms with Crippen molar-refractivity contribution in [1.29, 1.82) is 0 Å². The number of phenolic OH excluding ortho intramolecular Hbond substituents is 1. The van der Waals surface area contributed by atoms with Gasteiger partial charge < -0.3 is 20.6 Å². The molecule has 1 atom stereocenters. The predicted octanol–water partition coefficient (Wildman–Crippen LogP) is 5.13. The Morgan fingerprint density at radius 1 is 0.973 bits per heavy atom. The molecule has 37 heavy (non-hydrogen) atoms. The highest BCUT2D eigenvalue weighted by Crippen LogP contribution is 2.37. The van der Waals surface area contributed by atoms with E-state index in [4.69, 9.17) is 10.5 Å².